The van der Waals surface area contributed by atoms with Crippen molar-refractivity contribution < 1.29 is 9.53 Å². The van der Waals surface area contributed by atoms with Gasteiger partial charge in [0.05, 0.1) is 6.10 Å². The lowest BCUT2D eigenvalue weighted by Crippen LogP contribution is -2.44. The zero-order chi connectivity index (χ0) is 19.6. The number of likely N-dealkylation sites (N-methyl/N-ethyl adjacent to an activating group) is 1. The molecule has 0 spiro atoms. The summed E-state index contributed by atoms with van der Waals surface area (Å²) in [4.78, 5) is 17.9. The van der Waals surface area contributed by atoms with E-state index in [4.69, 9.17) is 4.74 Å². The number of aryl methyl sites for hydroxylation is 1. The molecule has 1 aromatic rings. The number of carbonyl (C=O) groups excluding carboxylic acids is 1. The zero-order valence-electron chi connectivity index (χ0n) is 17.1. The third-order valence-corrected chi connectivity index (χ3v) is 4.86. The van der Waals surface area contributed by atoms with Crippen molar-refractivity contribution in [3.05, 3.63) is 35.4 Å². The van der Waals surface area contributed by atoms with Crippen LogP contribution >= 0.6 is 0 Å². The topological polar surface area (TPSA) is 66.0 Å². The van der Waals surface area contributed by atoms with Gasteiger partial charge >= 0.3 is 0 Å². The fourth-order valence-corrected chi connectivity index (χ4v) is 2.90. The van der Waals surface area contributed by atoms with Crippen LogP contribution < -0.4 is 10.6 Å². The van der Waals surface area contributed by atoms with E-state index >= 15 is 0 Å². The summed E-state index contributed by atoms with van der Waals surface area (Å²) in [7, 11) is 3.49. The second kappa shape index (κ2) is 10.9. The van der Waals surface area contributed by atoms with Crippen molar-refractivity contribution in [1.82, 2.24) is 15.5 Å². The van der Waals surface area contributed by atoms with E-state index in [0.717, 1.165) is 26.0 Å². The Morgan fingerprint density at radius 1 is 1.26 bits per heavy atom. The maximum Gasteiger partial charge on any atom is 0.243 e. The van der Waals surface area contributed by atoms with E-state index in [9.17, 15) is 4.79 Å². The maximum atomic E-state index is 11.9. The Kier molecular flexibility index (Phi) is 8.58. The molecule has 0 aromatic heterocycles. The molecule has 0 bridgehead atoms. The summed E-state index contributed by atoms with van der Waals surface area (Å²) in [5, 5.41) is 6.72. The highest BCUT2D eigenvalue weighted by Gasteiger charge is 2.15. The van der Waals surface area contributed by atoms with Crippen molar-refractivity contribution >= 4 is 11.9 Å². The maximum absolute atomic E-state index is 11.9. The molecule has 2 atom stereocenters. The highest BCUT2D eigenvalue weighted by molar-refractivity contribution is 5.84. The number of benzene rings is 1. The highest BCUT2D eigenvalue weighted by Crippen LogP contribution is 2.15. The van der Waals surface area contributed by atoms with Gasteiger partial charge in [-0.3, -0.25) is 4.79 Å². The summed E-state index contributed by atoms with van der Waals surface area (Å²) in [5.41, 5.74) is 2.55. The first-order valence-corrected chi connectivity index (χ1v) is 9.86. The van der Waals surface area contributed by atoms with Gasteiger partial charge in [-0.25, -0.2) is 4.99 Å². The molecule has 2 N–H and O–H groups in total. The van der Waals surface area contributed by atoms with Gasteiger partial charge in [-0.15, -0.1) is 0 Å². The number of ether oxygens (including phenoxy) is 1. The summed E-state index contributed by atoms with van der Waals surface area (Å²) in [6, 6.07) is 8.60. The molecule has 1 aliphatic rings. The number of hydrogen-bond donors (Lipinski definition) is 2. The van der Waals surface area contributed by atoms with Crippen LogP contribution in [0.25, 0.3) is 0 Å². The van der Waals surface area contributed by atoms with Crippen molar-refractivity contribution in [3.8, 4) is 0 Å². The molecule has 150 valence electrons. The van der Waals surface area contributed by atoms with Crippen LogP contribution in [-0.4, -0.2) is 63.2 Å². The molecule has 6 heteroatoms. The molecule has 1 fully saturated rings. The number of amides is 1. The normalized spacial score (nSPS) is 18.7. The largest absolute Gasteiger partial charge is 0.376 e. The number of nitrogens with zero attached hydrogens (tertiary/aromatic N) is 2. The smallest absolute Gasteiger partial charge is 0.243 e. The summed E-state index contributed by atoms with van der Waals surface area (Å²) >= 11 is 0. The Morgan fingerprint density at radius 2 is 2.00 bits per heavy atom. The molecule has 0 saturated carbocycles. The Hall–Kier alpha value is -2.08. The third-order valence-electron chi connectivity index (χ3n) is 4.86. The van der Waals surface area contributed by atoms with Gasteiger partial charge in [-0.05, 0) is 37.7 Å². The van der Waals surface area contributed by atoms with Crippen molar-refractivity contribution in [1.29, 1.82) is 0 Å². The van der Waals surface area contributed by atoms with E-state index in [2.05, 4.69) is 53.7 Å². The van der Waals surface area contributed by atoms with Crippen LogP contribution in [0, 0.1) is 6.92 Å². The molecular weight excluding hydrogens is 340 g/mol. The van der Waals surface area contributed by atoms with Crippen LogP contribution in [0.4, 0.5) is 0 Å². The van der Waals surface area contributed by atoms with Crippen LogP contribution in [-0.2, 0) is 9.53 Å². The van der Waals surface area contributed by atoms with Crippen LogP contribution in [0.15, 0.2) is 29.3 Å². The molecule has 1 amide bonds. The predicted octanol–water partition coefficient (Wildman–Crippen LogP) is 2.29. The lowest BCUT2D eigenvalue weighted by atomic mass is 10.0. The molecule has 0 aliphatic carbocycles. The minimum absolute atomic E-state index is 0.0170. The third kappa shape index (κ3) is 7.59. The van der Waals surface area contributed by atoms with Gasteiger partial charge in [0.25, 0.3) is 0 Å². The first-order valence-electron chi connectivity index (χ1n) is 9.86. The number of hydrogen-bond acceptors (Lipinski definition) is 3. The predicted molar refractivity (Wildman–Crippen MR) is 110 cm³/mol. The summed E-state index contributed by atoms with van der Waals surface area (Å²) in [5.74, 6) is 0.989. The average molecular weight is 375 g/mol. The van der Waals surface area contributed by atoms with Gasteiger partial charge in [0.15, 0.2) is 5.96 Å². The first-order chi connectivity index (χ1) is 13.0. The van der Waals surface area contributed by atoms with Gasteiger partial charge in [-0.1, -0.05) is 36.8 Å². The quantitative estimate of drug-likeness (QED) is 0.568. The molecule has 2 unspecified atom stereocenters. The second-order valence-corrected chi connectivity index (χ2v) is 7.52. The monoisotopic (exact) mass is 374 g/mol. The number of aliphatic imine (C=N–C) groups is 1. The van der Waals surface area contributed by atoms with E-state index < -0.39 is 0 Å². The summed E-state index contributed by atoms with van der Waals surface area (Å²) < 4.78 is 5.78. The van der Waals surface area contributed by atoms with E-state index in [1.807, 2.05) is 0 Å². The van der Waals surface area contributed by atoms with Crippen LogP contribution in [0.2, 0.25) is 0 Å². The lowest BCUT2D eigenvalue weighted by Gasteiger charge is -2.24. The minimum atomic E-state index is -0.0170. The molecule has 1 saturated heterocycles. The number of carbonyl (C=O) groups is 1. The van der Waals surface area contributed by atoms with Gasteiger partial charge in [0.1, 0.15) is 6.54 Å². The summed E-state index contributed by atoms with van der Waals surface area (Å²) in [6.07, 6.45) is 3.62. The van der Waals surface area contributed by atoms with Gasteiger partial charge < -0.3 is 20.3 Å². The average Bonchev–Trinajstić information content (AvgIpc) is 2.68. The second-order valence-electron chi connectivity index (χ2n) is 7.52. The standard InChI is InChI=1S/C21H34N4O2/c1-16-8-10-18(11-9-16)17(2)13-22-21(24-15-20(26)25(3)4)23-14-19-7-5-6-12-27-19/h8-11,17,19H,5-7,12-15H2,1-4H3,(H2,22,23,24). The molecule has 6 nitrogen and oxygen atoms in total. The summed E-state index contributed by atoms with van der Waals surface area (Å²) in [6.45, 7) is 6.70. The molecule has 1 aromatic carbocycles. The van der Waals surface area contributed by atoms with Gasteiger partial charge in [0.2, 0.25) is 5.91 Å². The van der Waals surface area contributed by atoms with E-state index in [0.29, 0.717) is 18.4 Å². The molecule has 2 rings (SSSR count). The Bertz CT molecular complexity index is 607. The minimum Gasteiger partial charge on any atom is -0.376 e. The van der Waals surface area contributed by atoms with Crippen molar-refractivity contribution in [3.63, 3.8) is 0 Å². The van der Waals surface area contributed by atoms with Crippen molar-refractivity contribution in [2.24, 2.45) is 4.99 Å². The Labute approximate surface area is 163 Å². The fourth-order valence-electron chi connectivity index (χ4n) is 2.90. The van der Waals surface area contributed by atoms with Gasteiger partial charge in [0, 0.05) is 33.8 Å². The van der Waals surface area contributed by atoms with Crippen LogP contribution in [0.3, 0.4) is 0 Å². The Balaban J connectivity index is 1.91. The molecule has 1 aliphatic heterocycles. The van der Waals surface area contributed by atoms with Crippen LogP contribution in [0.5, 0.6) is 0 Å². The van der Waals surface area contributed by atoms with E-state index in [-0.39, 0.29) is 18.6 Å². The van der Waals surface area contributed by atoms with E-state index in [1.54, 1.807) is 19.0 Å². The lowest BCUT2D eigenvalue weighted by molar-refractivity contribution is -0.127. The first kappa shape index (κ1) is 21.2. The van der Waals surface area contributed by atoms with Crippen molar-refractivity contribution in [2.45, 2.75) is 45.1 Å². The zero-order valence-corrected chi connectivity index (χ0v) is 17.1. The fraction of sp³-hybridized carbons (Fsp3) is 0.619. The Morgan fingerprint density at radius 3 is 2.63 bits per heavy atom. The molecule has 0 radical (unpaired) electrons. The molecule has 27 heavy (non-hydrogen) atoms. The molecular formula is C21H34N4O2. The number of guanidine groups is 1. The van der Waals surface area contributed by atoms with Crippen LogP contribution in [0.1, 0.15) is 43.2 Å². The van der Waals surface area contributed by atoms with E-state index in [1.165, 1.54) is 17.5 Å². The number of rotatable bonds is 7. The molecule has 1 heterocycles. The van der Waals surface area contributed by atoms with Gasteiger partial charge in [-0.2, -0.15) is 0 Å². The SMILES string of the molecule is Cc1ccc(C(C)CNC(=NCC(=O)N(C)C)NCC2CCCCO2)cc1. The van der Waals surface area contributed by atoms with Crippen molar-refractivity contribution in [2.75, 3.05) is 40.3 Å². The number of nitrogens with one attached hydrogen (secondary N) is 2. The highest BCUT2D eigenvalue weighted by atomic mass is 16.5.